The van der Waals surface area contributed by atoms with E-state index in [-0.39, 0.29) is 0 Å². The minimum atomic E-state index is 0.550. The molecule has 2 nitrogen and oxygen atoms in total. The van der Waals surface area contributed by atoms with Crippen LogP contribution in [0.3, 0.4) is 0 Å². The van der Waals surface area contributed by atoms with E-state index in [0.29, 0.717) is 11.5 Å². The molecule has 0 saturated carbocycles. The third-order valence-corrected chi connectivity index (χ3v) is 5.54. The van der Waals surface area contributed by atoms with Gasteiger partial charge in [-0.15, -0.1) is 0 Å². The number of hydrogen-bond donors (Lipinski definition) is 1. The molecule has 1 aromatic rings. The van der Waals surface area contributed by atoms with Gasteiger partial charge in [-0.25, -0.2) is 0 Å². The molecule has 2 heterocycles. The summed E-state index contributed by atoms with van der Waals surface area (Å²) in [6.45, 7) is 9.52. The van der Waals surface area contributed by atoms with Crippen molar-refractivity contribution >= 4 is 0 Å². The topological polar surface area (TPSA) is 15.3 Å². The monoisotopic (exact) mass is 286 g/mol. The molecule has 21 heavy (non-hydrogen) atoms. The molecule has 0 radical (unpaired) electrons. The summed E-state index contributed by atoms with van der Waals surface area (Å²) < 4.78 is 0. The Hall–Kier alpha value is -0.860. The Morgan fingerprint density at radius 1 is 1.19 bits per heavy atom. The molecule has 0 amide bonds. The van der Waals surface area contributed by atoms with E-state index < -0.39 is 0 Å². The minimum Gasteiger partial charge on any atom is -0.316 e. The van der Waals surface area contributed by atoms with Crippen molar-refractivity contribution in [2.24, 2.45) is 5.41 Å². The summed E-state index contributed by atoms with van der Waals surface area (Å²) in [6.07, 6.45) is 6.77. The Bertz CT molecular complexity index is 440. The number of likely N-dealkylation sites (tertiary alicyclic amines) is 1. The van der Waals surface area contributed by atoms with Gasteiger partial charge in [0.2, 0.25) is 0 Å². The Morgan fingerprint density at radius 3 is 2.62 bits per heavy atom. The predicted molar refractivity (Wildman–Crippen MR) is 89.6 cm³/mol. The molecule has 0 bridgehead atoms. The molecule has 3 rings (SSSR count). The highest BCUT2D eigenvalue weighted by atomic mass is 15.2. The summed E-state index contributed by atoms with van der Waals surface area (Å²) in [4.78, 5) is 2.77. The number of piperidine rings is 2. The van der Waals surface area contributed by atoms with Crippen LogP contribution in [0.2, 0.25) is 0 Å². The highest BCUT2D eigenvalue weighted by Gasteiger charge is 2.38. The quantitative estimate of drug-likeness (QED) is 0.906. The van der Waals surface area contributed by atoms with E-state index in [1.54, 1.807) is 0 Å². The SMILES string of the molecule is CCC(c1ccc(C)cc1)N1CCCC2(CCCNC2)C1. The molecule has 2 unspecified atom stereocenters. The molecule has 1 N–H and O–H groups in total. The average molecular weight is 286 g/mol. The lowest BCUT2D eigenvalue weighted by molar-refractivity contribution is 0.0356. The molecule has 0 aliphatic carbocycles. The molecule has 2 aliphatic heterocycles. The number of hydrogen-bond acceptors (Lipinski definition) is 2. The van der Waals surface area contributed by atoms with Gasteiger partial charge in [-0.2, -0.15) is 0 Å². The predicted octanol–water partition coefficient (Wildman–Crippen LogP) is 3.91. The third kappa shape index (κ3) is 3.32. The van der Waals surface area contributed by atoms with Crippen molar-refractivity contribution in [1.29, 1.82) is 0 Å². The van der Waals surface area contributed by atoms with E-state index in [2.05, 4.69) is 48.3 Å². The van der Waals surface area contributed by atoms with Gasteiger partial charge in [0.1, 0.15) is 0 Å². The van der Waals surface area contributed by atoms with Crippen molar-refractivity contribution in [1.82, 2.24) is 10.2 Å². The maximum Gasteiger partial charge on any atom is 0.0345 e. The number of benzene rings is 1. The zero-order valence-corrected chi connectivity index (χ0v) is 13.7. The van der Waals surface area contributed by atoms with Gasteiger partial charge in [0.25, 0.3) is 0 Å². The summed E-state index contributed by atoms with van der Waals surface area (Å²) in [5.41, 5.74) is 3.42. The number of nitrogens with one attached hydrogen (secondary N) is 1. The summed E-state index contributed by atoms with van der Waals surface area (Å²) >= 11 is 0. The zero-order valence-electron chi connectivity index (χ0n) is 13.7. The van der Waals surface area contributed by atoms with Crippen LogP contribution in [0.15, 0.2) is 24.3 Å². The first-order valence-corrected chi connectivity index (χ1v) is 8.74. The molecule has 2 aliphatic rings. The van der Waals surface area contributed by atoms with Gasteiger partial charge in [0.05, 0.1) is 0 Å². The van der Waals surface area contributed by atoms with E-state index >= 15 is 0 Å². The first kappa shape index (κ1) is 15.1. The van der Waals surface area contributed by atoms with Gasteiger partial charge in [0.15, 0.2) is 0 Å². The fourth-order valence-electron chi connectivity index (χ4n) is 4.38. The van der Waals surface area contributed by atoms with Gasteiger partial charge in [-0.3, -0.25) is 4.90 Å². The summed E-state index contributed by atoms with van der Waals surface area (Å²) in [5.74, 6) is 0. The number of aryl methyl sites for hydroxylation is 1. The van der Waals surface area contributed by atoms with Gasteiger partial charge in [0, 0.05) is 19.1 Å². The van der Waals surface area contributed by atoms with E-state index in [0.717, 1.165) is 0 Å². The Balaban J connectivity index is 1.75. The molecule has 2 heteroatoms. The van der Waals surface area contributed by atoms with Gasteiger partial charge in [-0.05, 0) is 63.1 Å². The summed E-state index contributed by atoms with van der Waals surface area (Å²) in [5, 5.41) is 3.64. The van der Waals surface area contributed by atoms with E-state index in [1.807, 2.05) is 0 Å². The van der Waals surface area contributed by atoms with E-state index in [4.69, 9.17) is 0 Å². The fourth-order valence-corrected chi connectivity index (χ4v) is 4.38. The van der Waals surface area contributed by atoms with Crippen LogP contribution in [0, 0.1) is 12.3 Å². The Morgan fingerprint density at radius 2 is 1.95 bits per heavy atom. The molecule has 2 atom stereocenters. The van der Waals surface area contributed by atoms with Crippen LogP contribution in [-0.2, 0) is 0 Å². The maximum atomic E-state index is 3.64. The van der Waals surface area contributed by atoms with Crippen molar-refractivity contribution in [3.63, 3.8) is 0 Å². The normalized spacial score (nSPS) is 28.7. The number of rotatable bonds is 3. The smallest absolute Gasteiger partial charge is 0.0345 e. The lowest BCUT2D eigenvalue weighted by Crippen LogP contribution is -2.51. The number of nitrogens with zero attached hydrogens (tertiary/aromatic N) is 1. The standard InChI is InChI=1S/C19H30N2/c1-3-18(17-8-6-16(2)7-9-17)21-13-5-11-19(15-21)10-4-12-20-14-19/h6-9,18,20H,3-5,10-15H2,1-2H3. The van der Waals surface area contributed by atoms with Crippen molar-refractivity contribution < 1.29 is 0 Å². The molecule has 116 valence electrons. The van der Waals surface area contributed by atoms with Crippen LogP contribution in [0.25, 0.3) is 0 Å². The van der Waals surface area contributed by atoms with Gasteiger partial charge < -0.3 is 5.32 Å². The molecule has 1 spiro atoms. The van der Waals surface area contributed by atoms with E-state index in [1.165, 1.54) is 69.4 Å². The van der Waals surface area contributed by atoms with Crippen LogP contribution < -0.4 is 5.32 Å². The van der Waals surface area contributed by atoms with Crippen molar-refractivity contribution in [3.8, 4) is 0 Å². The second-order valence-electron chi connectivity index (χ2n) is 7.19. The molecule has 2 fully saturated rings. The van der Waals surface area contributed by atoms with Crippen LogP contribution in [0.5, 0.6) is 0 Å². The van der Waals surface area contributed by atoms with Crippen molar-refractivity contribution in [3.05, 3.63) is 35.4 Å². The molecule has 2 saturated heterocycles. The second-order valence-corrected chi connectivity index (χ2v) is 7.19. The van der Waals surface area contributed by atoms with Crippen molar-refractivity contribution in [2.45, 2.75) is 52.0 Å². The zero-order chi connectivity index (χ0) is 14.7. The Labute approximate surface area is 129 Å². The van der Waals surface area contributed by atoms with E-state index in [9.17, 15) is 0 Å². The summed E-state index contributed by atoms with van der Waals surface area (Å²) in [7, 11) is 0. The van der Waals surface area contributed by atoms with Gasteiger partial charge >= 0.3 is 0 Å². The average Bonchev–Trinajstić information content (AvgIpc) is 2.51. The third-order valence-electron chi connectivity index (χ3n) is 5.54. The molecular weight excluding hydrogens is 256 g/mol. The fraction of sp³-hybridized carbons (Fsp3) is 0.684. The first-order valence-electron chi connectivity index (χ1n) is 8.74. The van der Waals surface area contributed by atoms with Crippen LogP contribution in [-0.4, -0.2) is 31.1 Å². The molecular formula is C19H30N2. The molecule has 1 aromatic carbocycles. The van der Waals surface area contributed by atoms with Crippen LogP contribution in [0.1, 0.15) is 56.2 Å². The van der Waals surface area contributed by atoms with Crippen LogP contribution in [0.4, 0.5) is 0 Å². The minimum absolute atomic E-state index is 0.550. The van der Waals surface area contributed by atoms with Crippen molar-refractivity contribution in [2.75, 3.05) is 26.2 Å². The lowest BCUT2D eigenvalue weighted by atomic mass is 9.74. The largest absolute Gasteiger partial charge is 0.316 e. The molecule has 0 aromatic heterocycles. The summed E-state index contributed by atoms with van der Waals surface area (Å²) in [6, 6.07) is 9.80. The van der Waals surface area contributed by atoms with Crippen LogP contribution >= 0.6 is 0 Å². The highest BCUT2D eigenvalue weighted by molar-refractivity contribution is 5.24. The van der Waals surface area contributed by atoms with Gasteiger partial charge in [-0.1, -0.05) is 36.8 Å². The first-order chi connectivity index (χ1) is 10.2. The second kappa shape index (κ2) is 6.50. The Kier molecular flexibility index (Phi) is 4.66. The lowest BCUT2D eigenvalue weighted by Gasteiger charge is -2.48. The maximum absolute atomic E-state index is 3.64. The highest BCUT2D eigenvalue weighted by Crippen LogP contribution is 2.39.